The first-order valence-electron chi connectivity index (χ1n) is 9.38. The molecule has 0 aliphatic carbocycles. The van der Waals surface area contributed by atoms with Gasteiger partial charge in [-0.2, -0.15) is 13.2 Å². The molecule has 1 fully saturated rings. The third-order valence-electron chi connectivity index (χ3n) is 5.17. The normalized spacial score (nSPS) is 15.4. The van der Waals surface area contributed by atoms with Gasteiger partial charge in [-0.15, -0.1) is 0 Å². The number of likely N-dealkylation sites (tertiary alicyclic amines) is 1. The van der Waals surface area contributed by atoms with Crippen LogP contribution in [0.4, 0.5) is 13.2 Å². The lowest BCUT2D eigenvalue weighted by Gasteiger charge is -2.27. The van der Waals surface area contributed by atoms with Crippen molar-refractivity contribution in [2.75, 3.05) is 13.1 Å². The van der Waals surface area contributed by atoms with E-state index in [0.29, 0.717) is 35.7 Å². The van der Waals surface area contributed by atoms with Crippen molar-refractivity contribution in [3.63, 3.8) is 0 Å². The van der Waals surface area contributed by atoms with E-state index in [0.717, 1.165) is 36.9 Å². The minimum Gasteiger partial charge on any atom is -0.460 e. The maximum absolute atomic E-state index is 13.1. The molecule has 28 heavy (non-hydrogen) atoms. The van der Waals surface area contributed by atoms with Crippen LogP contribution in [0.3, 0.4) is 0 Å². The Morgan fingerprint density at radius 3 is 2.57 bits per heavy atom. The van der Waals surface area contributed by atoms with Crippen molar-refractivity contribution in [1.82, 2.24) is 9.47 Å². The molecule has 3 heterocycles. The molecule has 1 aliphatic rings. The minimum atomic E-state index is -4.40. The molecule has 0 atom stereocenters. The Hall–Kier alpha value is -2.70. The zero-order chi connectivity index (χ0) is 19.9. The highest BCUT2D eigenvalue weighted by molar-refractivity contribution is 5.97. The van der Waals surface area contributed by atoms with Gasteiger partial charge in [0, 0.05) is 31.8 Å². The van der Waals surface area contributed by atoms with Gasteiger partial charge in [0.05, 0.1) is 11.1 Å². The number of fused-ring (bicyclic) bond motifs is 1. The van der Waals surface area contributed by atoms with Crippen LogP contribution in [-0.4, -0.2) is 28.5 Å². The maximum atomic E-state index is 13.1. The second-order valence-electron chi connectivity index (χ2n) is 7.27. The molecule has 3 aromatic rings. The van der Waals surface area contributed by atoms with E-state index in [9.17, 15) is 18.0 Å². The van der Waals surface area contributed by atoms with Crippen LogP contribution in [0.25, 0.3) is 11.1 Å². The van der Waals surface area contributed by atoms with Gasteiger partial charge in [0.2, 0.25) is 0 Å². The van der Waals surface area contributed by atoms with Gasteiger partial charge in [0.25, 0.3) is 5.91 Å². The van der Waals surface area contributed by atoms with Gasteiger partial charge in [0.1, 0.15) is 11.5 Å². The summed E-state index contributed by atoms with van der Waals surface area (Å²) in [5.74, 6) is 0.593. The molecule has 1 amide bonds. The van der Waals surface area contributed by atoms with Crippen molar-refractivity contribution in [2.45, 2.75) is 38.9 Å². The molecular weight excluding hydrogens is 369 g/mol. The minimum absolute atomic E-state index is 0.101. The van der Waals surface area contributed by atoms with Crippen LogP contribution in [0.2, 0.25) is 0 Å². The predicted octanol–water partition coefficient (Wildman–Crippen LogP) is 5.24. The van der Waals surface area contributed by atoms with Gasteiger partial charge in [-0.25, -0.2) is 0 Å². The second-order valence-corrected chi connectivity index (χ2v) is 7.27. The van der Waals surface area contributed by atoms with Gasteiger partial charge < -0.3 is 13.9 Å². The highest BCUT2D eigenvalue weighted by atomic mass is 19.4. The summed E-state index contributed by atoms with van der Waals surface area (Å²) in [6.45, 7) is 3.38. The lowest BCUT2D eigenvalue weighted by molar-refractivity contribution is -0.137. The summed E-state index contributed by atoms with van der Waals surface area (Å²) in [6.07, 6.45) is -1.36. The van der Waals surface area contributed by atoms with E-state index < -0.39 is 11.7 Å². The predicted molar refractivity (Wildman–Crippen MR) is 99.2 cm³/mol. The van der Waals surface area contributed by atoms with Crippen LogP contribution < -0.4 is 0 Å². The first-order chi connectivity index (χ1) is 13.3. The van der Waals surface area contributed by atoms with E-state index in [-0.39, 0.29) is 12.5 Å². The standard InChI is InChI=1S/C21H21F3N2O2/c1-14-10-17-19(28-14)12-18(20(27)25-8-3-2-4-9-25)26(17)13-15-6-5-7-16(11-15)21(22,23)24/h5-7,10-12H,2-4,8-9,13H2,1H3. The second kappa shape index (κ2) is 7.04. The monoisotopic (exact) mass is 390 g/mol. The van der Waals surface area contributed by atoms with E-state index in [2.05, 4.69) is 0 Å². The van der Waals surface area contributed by atoms with Crippen LogP contribution in [0.5, 0.6) is 0 Å². The molecular formula is C21H21F3N2O2. The molecule has 1 saturated heterocycles. The number of carbonyl (C=O) groups excluding carboxylic acids is 1. The van der Waals surface area contributed by atoms with Crippen molar-refractivity contribution in [2.24, 2.45) is 0 Å². The fraction of sp³-hybridized carbons (Fsp3) is 0.381. The van der Waals surface area contributed by atoms with E-state index >= 15 is 0 Å². The number of carbonyl (C=O) groups is 1. The molecule has 148 valence electrons. The molecule has 4 nitrogen and oxygen atoms in total. The lowest BCUT2D eigenvalue weighted by Crippen LogP contribution is -2.36. The maximum Gasteiger partial charge on any atom is 0.416 e. The summed E-state index contributed by atoms with van der Waals surface area (Å²) in [6, 6.07) is 8.74. The third-order valence-corrected chi connectivity index (χ3v) is 5.17. The summed E-state index contributed by atoms with van der Waals surface area (Å²) in [4.78, 5) is 14.9. The SMILES string of the molecule is Cc1cc2c(cc(C(=O)N3CCCCC3)n2Cc2cccc(C(F)(F)F)c2)o1. The van der Waals surface area contributed by atoms with E-state index in [1.807, 2.05) is 11.0 Å². The number of piperidine rings is 1. The molecule has 0 unspecified atom stereocenters. The van der Waals surface area contributed by atoms with Crippen LogP contribution >= 0.6 is 0 Å². The van der Waals surface area contributed by atoms with E-state index in [1.54, 1.807) is 23.6 Å². The Morgan fingerprint density at radius 1 is 1.11 bits per heavy atom. The first-order valence-corrected chi connectivity index (χ1v) is 9.38. The fourth-order valence-electron chi connectivity index (χ4n) is 3.80. The van der Waals surface area contributed by atoms with Crippen LogP contribution in [0, 0.1) is 6.92 Å². The van der Waals surface area contributed by atoms with Crippen molar-refractivity contribution in [3.05, 3.63) is 59.0 Å². The van der Waals surface area contributed by atoms with Crippen LogP contribution in [-0.2, 0) is 12.7 Å². The van der Waals surface area contributed by atoms with Gasteiger partial charge in [-0.05, 0) is 43.9 Å². The quantitative estimate of drug-likeness (QED) is 0.614. The van der Waals surface area contributed by atoms with Crippen molar-refractivity contribution >= 4 is 17.0 Å². The number of benzene rings is 1. The average molecular weight is 390 g/mol. The highest BCUT2D eigenvalue weighted by Crippen LogP contribution is 2.31. The molecule has 4 rings (SSSR count). The van der Waals surface area contributed by atoms with E-state index in [4.69, 9.17) is 4.42 Å². The van der Waals surface area contributed by atoms with Crippen LogP contribution in [0.1, 0.15) is 46.6 Å². The lowest BCUT2D eigenvalue weighted by atomic mass is 10.1. The van der Waals surface area contributed by atoms with Gasteiger partial charge >= 0.3 is 6.18 Å². The van der Waals surface area contributed by atoms with E-state index in [1.165, 1.54) is 6.07 Å². The Balaban J connectivity index is 1.73. The van der Waals surface area contributed by atoms with Crippen molar-refractivity contribution in [3.8, 4) is 0 Å². The molecule has 0 spiro atoms. The molecule has 1 aromatic carbocycles. The number of hydrogen-bond donors (Lipinski definition) is 0. The Bertz CT molecular complexity index is 1010. The third kappa shape index (κ3) is 3.53. The molecule has 0 saturated carbocycles. The smallest absolute Gasteiger partial charge is 0.416 e. The number of aromatic nitrogens is 1. The molecule has 2 aromatic heterocycles. The number of alkyl halides is 3. The summed E-state index contributed by atoms with van der Waals surface area (Å²) in [7, 11) is 0. The van der Waals surface area contributed by atoms with Crippen molar-refractivity contribution < 1.29 is 22.4 Å². The number of rotatable bonds is 3. The number of amides is 1. The van der Waals surface area contributed by atoms with Crippen molar-refractivity contribution in [1.29, 1.82) is 0 Å². The number of halogens is 3. The summed E-state index contributed by atoms with van der Waals surface area (Å²) in [5.41, 5.74) is 1.53. The van der Waals surface area contributed by atoms with Gasteiger partial charge in [0.15, 0.2) is 5.58 Å². The van der Waals surface area contributed by atoms with Crippen LogP contribution in [0.15, 0.2) is 40.8 Å². The summed E-state index contributed by atoms with van der Waals surface area (Å²) >= 11 is 0. The summed E-state index contributed by atoms with van der Waals surface area (Å²) in [5, 5.41) is 0. The molecule has 1 aliphatic heterocycles. The largest absolute Gasteiger partial charge is 0.460 e. The van der Waals surface area contributed by atoms with Gasteiger partial charge in [-0.1, -0.05) is 12.1 Å². The number of aryl methyl sites for hydroxylation is 1. The zero-order valence-electron chi connectivity index (χ0n) is 15.6. The molecule has 0 N–H and O–H groups in total. The number of hydrogen-bond acceptors (Lipinski definition) is 2. The Labute approximate surface area is 160 Å². The number of nitrogens with zero attached hydrogens (tertiary/aromatic N) is 2. The number of furan rings is 1. The average Bonchev–Trinajstić information content (AvgIpc) is 3.18. The molecule has 0 radical (unpaired) electrons. The Kier molecular flexibility index (Phi) is 4.69. The molecule has 0 bridgehead atoms. The zero-order valence-corrected chi connectivity index (χ0v) is 15.6. The van der Waals surface area contributed by atoms with Gasteiger partial charge in [-0.3, -0.25) is 4.79 Å². The molecule has 7 heteroatoms. The fourth-order valence-corrected chi connectivity index (χ4v) is 3.80. The highest BCUT2D eigenvalue weighted by Gasteiger charge is 2.30. The topological polar surface area (TPSA) is 38.4 Å². The summed E-state index contributed by atoms with van der Waals surface area (Å²) < 4.78 is 46.6. The Morgan fingerprint density at radius 2 is 1.86 bits per heavy atom. The first kappa shape index (κ1) is 18.7.